The lowest BCUT2D eigenvalue weighted by Gasteiger charge is -2.08. The Labute approximate surface area is 143 Å². The van der Waals surface area contributed by atoms with Crippen LogP contribution in [0.25, 0.3) is 11.3 Å². The van der Waals surface area contributed by atoms with Gasteiger partial charge in [0, 0.05) is 18.2 Å². The van der Waals surface area contributed by atoms with Gasteiger partial charge in [-0.25, -0.2) is 9.37 Å². The van der Waals surface area contributed by atoms with Crippen LogP contribution in [0.5, 0.6) is 0 Å². The SMILES string of the molecule is O=C(Cn1cnc(-c2ccccc2)cc1=O)NCc1ccc(F)cc1. The van der Waals surface area contributed by atoms with E-state index in [2.05, 4.69) is 10.3 Å². The molecule has 0 saturated heterocycles. The number of rotatable bonds is 5. The van der Waals surface area contributed by atoms with Crippen LogP contribution >= 0.6 is 0 Å². The van der Waals surface area contributed by atoms with Crippen LogP contribution in [0.1, 0.15) is 5.56 Å². The Kier molecular flexibility index (Phi) is 4.99. The van der Waals surface area contributed by atoms with E-state index in [4.69, 9.17) is 0 Å². The van der Waals surface area contributed by atoms with Gasteiger partial charge in [0.05, 0.1) is 12.0 Å². The number of amides is 1. The molecule has 0 spiro atoms. The lowest BCUT2D eigenvalue weighted by Crippen LogP contribution is -2.31. The maximum Gasteiger partial charge on any atom is 0.254 e. The Morgan fingerprint density at radius 1 is 1.08 bits per heavy atom. The quantitative estimate of drug-likeness (QED) is 0.777. The van der Waals surface area contributed by atoms with Crippen molar-refractivity contribution >= 4 is 5.91 Å². The Morgan fingerprint density at radius 3 is 2.48 bits per heavy atom. The number of halogens is 1. The standard InChI is InChI=1S/C19H16FN3O2/c20-16-8-6-14(7-9-16)11-21-18(24)12-23-13-22-17(10-19(23)25)15-4-2-1-3-5-15/h1-10,13H,11-12H2,(H,21,24). The molecule has 0 unspecified atom stereocenters. The minimum atomic E-state index is -0.328. The van der Waals surface area contributed by atoms with Crippen LogP contribution in [0.15, 0.2) is 71.8 Å². The van der Waals surface area contributed by atoms with Crippen molar-refractivity contribution in [2.24, 2.45) is 0 Å². The molecule has 0 radical (unpaired) electrons. The van der Waals surface area contributed by atoms with E-state index >= 15 is 0 Å². The number of carbonyl (C=O) groups excluding carboxylic acids is 1. The van der Waals surface area contributed by atoms with Gasteiger partial charge in [-0.05, 0) is 17.7 Å². The number of hydrogen-bond donors (Lipinski definition) is 1. The molecule has 3 aromatic rings. The third kappa shape index (κ3) is 4.38. The Bertz CT molecular complexity index is 921. The number of nitrogens with zero attached hydrogens (tertiary/aromatic N) is 2. The van der Waals surface area contributed by atoms with Crippen molar-refractivity contribution in [2.45, 2.75) is 13.1 Å². The molecule has 3 rings (SSSR count). The number of hydrogen-bond acceptors (Lipinski definition) is 3. The summed E-state index contributed by atoms with van der Waals surface area (Å²) >= 11 is 0. The highest BCUT2D eigenvalue weighted by atomic mass is 19.1. The smallest absolute Gasteiger partial charge is 0.254 e. The molecule has 1 heterocycles. The van der Waals surface area contributed by atoms with Gasteiger partial charge >= 0.3 is 0 Å². The summed E-state index contributed by atoms with van der Waals surface area (Å²) in [4.78, 5) is 28.4. The van der Waals surface area contributed by atoms with E-state index < -0.39 is 0 Å². The van der Waals surface area contributed by atoms with Crippen molar-refractivity contribution in [3.63, 3.8) is 0 Å². The first-order valence-corrected chi connectivity index (χ1v) is 7.75. The first-order chi connectivity index (χ1) is 12.1. The van der Waals surface area contributed by atoms with E-state index in [-0.39, 0.29) is 30.4 Å². The highest BCUT2D eigenvalue weighted by Gasteiger charge is 2.07. The summed E-state index contributed by atoms with van der Waals surface area (Å²) in [5.41, 5.74) is 1.88. The third-order valence-electron chi connectivity index (χ3n) is 3.67. The molecule has 6 heteroatoms. The molecular formula is C19H16FN3O2. The van der Waals surface area contributed by atoms with Crippen molar-refractivity contribution in [2.75, 3.05) is 0 Å². The van der Waals surface area contributed by atoms with Crippen LogP contribution in [-0.4, -0.2) is 15.5 Å². The number of carbonyl (C=O) groups is 1. The van der Waals surface area contributed by atoms with E-state index in [0.717, 1.165) is 11.1 Å². The lowest BCUT2D eigenvalue weighted by molar-refractivity contribution is -0.121. The highest BCUT2D eigenvalue weighted by molar-refractivity contribution is 5.75. The van der Waals surface area contributed by atoms with Crippen molar-refractivity contribution in [3.8, 4) is 11.3 Å². The fourth-order valence-corrected chi connectivity index (χ4v) is 2.32. The average Bonchev–Trinajstić information content (AvgIpc) is 2.64. The van der Waals surface area contributed by atoms with Crippen LogP contribution < -0.4 is 10.9 Å². The molecular weight excluding hydrogens is 321 g/mol. The van der Waals surface area contributed by atoms with Gasteiger partial charge in [0.1, 0.15) is 12.4 Å². The molecule has 126 valence electrons. The van der Waals surface area contributed by atoms with E-state index in [9.17, 15) is 14.0 Å². The molecule has 1 amide bonds. The molecule has 0 aliphatic heterocycles. The first-order valence-electron chi connectivity index (χ1n) is 7.75. The first kappa shape index (κ1) is 16.6. The minimum Gasteiger partial charge on any atom is -0.350 e. The average molecular weight is 337 g/mol. The fourth-order valence-electron chi connectivity index (χ4n) is 2.32. The molecule has 0 bridgehead atoms. The summed E-state index contributed by atoms with van der Waals surface area (Å²) < 4.78 is 14.1. The van der Waals surface area contributed by atoms with Gasteiger partial charge in [-0.2, -0.15) is 0 Å². The summed E-state index contributed by atoms with van der Waals surface area (Å²) in [5.74, 6) is -0.646. The van der Waals surface area contributed by atoms with E-state index in [1.165, 1.54) is 29.1 Å². The van der Waals surface area contributed by atoms with Gasteiger partial charge in [0.25, 0.3) is 5.56 Å². The zero-order valence-electron chi connectivity index (χ0n) is 13.4. The number of benzene rings is 2. The summed E-state index contributed by atoms with van der Waals surface area (Å²) in [6, 6.07) is 16.6. The van der Waals surface area contributed by atoms with Crippen molar-refractivity contribution in [1.29, 1.82) is 0 Å². The normalized spacial score (nSPS) is 10.4. The second kappa shape index (κ2) is 7.53. The van der Waals surface area contributed by atoms with Crippen molar-refractivity contribution in [3.05, 3.63) is 88.7 Å². The van der Waals surface area contributed by atoms with E-state index in [1.54, 1.807) is 12.1 Å². The van der Waals surface area contributed by atoms with Crippen molar-refractivity contribution < 1.29 is 9.18 Å². The molecule has 0 saturated carbocycles. The molecule has 0 fully saturated rings. The van der Waals surface area contributed by atoms with Crippen LogP contribution in [0.3, 0.4) is 0 Å². The molecule has 0 aliphatic rings. The van der Waals surface area contributed by atoms with Gasteiger partial charge in [-0.15, -0.1) is 0 Å². The largest absolute Gasteiger partial charge is 0.350 e. The van der Waals surface area contributed by atoms with Gasteiger partial charge < -0.3 is 5.32 Å². The van der Waals surface area contributed by atoms with Crippen LogP contribution in [0, 0.1) is 5.82 Å². The number of aromatic nitrogens is 2. The van der Waals surface area contributed by atoms with E-state index in [0.29, 0.717) is 5.69 Å². The van der Waals surface area contributed by atoms with Gasteiger partial charge in [-0.3, -0.25) is 14.2 Å². The Balaban J connectivity index is 1.63. The molecule has 25 heavy (non-hydrogen) atoms. The molecule has 0 atom stereocenters. The molecule has 5 nitrogen and oxygen atoms in total. The Morgan fingerprint density at radius 2 is 1.80 bits per heavy atom. The highest BCUT2D eigenvalue weighted by Crippen LogP contribution is 2.13. The van der Waals surface area contributed by atoms with Crippen LogP contribution in [0.4, 0.5) is 4.39 Å². The minimum absolute atomic E-state index is 0.123. The van der Waals surface area contributed by atoms with Gasteiger partial charge in [0.15, 0.2) is 0 Å². The predicted octanol–water partition coefficient (Wildman–Crippen LogP) is 2.37. The summed E-state index contributed by atoms with van der Waals surface area (Å²) in [6.07, 6.45) is 1.36. The molecule has 1 aromatic heterocycles. The topological polar surface area (TPSA) is 64.0 Å². The zero-order chi connectivity index (χ0) is 17.6. The van der Waals surface area contributed by atoms with Crippen LogP contribution in [0.2, 0.25) is 0 Å². The van der Waals surface area contributed by atoms with Crippen LogP contribution in [-0.2, 0) is 17.9 Å². The second-order valence-electron chi connectivity index (χ2n) is 5.51. The third-order valence-corrected chi connectivity index (χ3v) is 3.67. The maximum atomic E-state index is 12.8. The lowest BCUT2D eigenvalue weighted by atomic mass is 10.1. The van der Waals surface area contributed by atoms with Gasteiger partial charge in [-0.1, -0.05) is 42.5 Å². The number of nitrogens with one attached hydrogen (secondary N) is 1. The molecule has 1 N–H and O–H groups in total. The zero-order valence-corrected chi connectivity index (χ0v) is 13.4. The predicted molar refractivity (Wildman–Crippen MR) is 92.2 cm³/mol. The maximum absolute atomic E-state index is 12.8. The summed E-state index contributed by atoms with van der Waals surface area (Å²) in [6.45, 7) is 0.144. The summed E-state index contributed by atoms with van der Waals surface area (Å²) in [5, 5.41) is 2.69. The summed E-state index contributed by atoms with van der Waals surface area (Å²) in [7, 11) is 0. The van der Waals surface area contributed by atoms with E-state index in [1.807, 2.05) is 30.3 Å². The van der Waals surface area contributed by atoms with Crippen molar-refractivity contribution in [1.82, 2.24) is 14.9 Å². The second-order valence-corrected chi connectivity index (χ2v) is 5.51. The fraction of sp³-hybridized carbons (Fsp3) is 0.105. The Hall–Kier alpha value is -3.28. The van der Waals surface area contributed by atoms with Gasteiger partial charge in [0.2, 0.25) is 5.91 Å². The molecule has 2 aromatic carbocycles. The monoisotopic (exact) mass is 337 g/mol. The molecule has 0 aliphatic carbocycles.